The number of nitro benzene ring substituents is 1. The number of nitrogens with zero attached hydrogens (tertiary/aromatic N) is 3. The van der Waals surface area contributed by atoms with Crippen molar-refractivity contribution in [2.75, 3.05) is 0 Å². The average molecular weight is 505 g/mol. The molecule has 1 unspecified atom stereocenters. The molecule has 1 amide bonds. The second kappa shape index (κ2) is 10.3. The van der Waals surface area contributed by atoms with Crippen molar-refractivity contribution in [2.45, 2.75) is 33.4 Å². The largest absolute Gasteiger partial charge is 0.346 e. The van der Waals surface area contributed by atoms with Crippen LogP contribution in [0.4, 0.5) is 5.69 Å². The van der Waals surface area contributed by atoms with Crippen LogP contribution in [0.1, 0.15) is 45.7 Å². The fourth-order valence-electron chi connectivity index (χ4n) is 4.74. The van der Waals surface area contributed by atoms with E-state index in [0.29, 0.717) is 5.56 Å². The first kappa shape index (κ1) is 24.9. The molecule has 7 heteroatoms. The molecule has 5 rings (SSSR count). The van der Waals surface area contributed by atoms with E-state index >= 15 is 0 Å². The summed E-state index contributed by atoms with van der Waals surface area (Å²) in [5.74, 6) is -0.187. The van der Waals surface area contributed by atoms with Gasteiger partial charge < -0.3 is 9.88 Å². The van der Waals surface area contributed by atoms with E-state index < -0.39 is 4.92 Å². The average Bonchev–Trinajstić information content (AvgIpc) is 3.18. The molecule has 0 aliphatic carbocycles. The number of rotatable bonds is 7. The Kier molecular flexibility index (Phi) is 6.75. The molecule has 38 heavy (non-hydrogen) atoms. The quantitative estimate of drug-likeness (QED) is 0.196. The molecule has 2 heterocycles. The van der Waals surface area contributed by atoms with Gasteiger partial charge in [0.25, 0.3) is 11.6 Å². The zero-order chi connectivity index (χ0) is 26.8. The highest BCUT2D eigenvalue weighted by atomic mass is 16.6. The molecule has 1 atom stereocenters. The first-order valence-corrected chi connectivity index (χ1v) is 12.5. The third-order valence-corrected chi connectivity index (χ3v) is 7.11. The predicted octanol–water partition coefficient (Wildman–Crippen LogP) is 6.77. The molecule has 0 aliphatic heterocycles. The smallest absolute Gasteiger partial charge is 0.269 e. The van der Waals surface area contributed by atoms with E-state index in [-0.39, 0.29) is 17.6 Å². The summed E-state index contributed by atoms with van der Waals surface area (Å²) in [6, 6.07) is 26.1. The Hall–Kier alpha value is -4.78. The number of pyridine rings is 1. The van der Waals surface area contributed by atoms with E-state index in [4.69, 9.17) is 0 Å². The number of hydrogen-bond acceptors (Lipinski definition) is 4. The van der Waals surface area contributed by atoms with Gasteiger partial charge in [-0.3, -0.25) is 19.9 Å². The Labute approximate surface area is 220 Å². The van der Waals surface area contributed by atoms with Crippen LogP contribution in [0.15, 0.2) is 91.1 Å². The molecular formula is C31H28N4O3. The van der Waals surface area contributed by atoms with E-state index in [1.54, 1.807) is 18.3 Å². The molecule has 0 bridgehead atoms. The van der Waals surface area contributed by atoms with Gasteiger partial charge in [-0.1, -0.05) is 42.5 Å². The zero-order valence-electron chi connectivity index (χ0n) is 21.5. The van der Waals surface area contributed by atoms with Gasteiger partial charge in [-0.15, -0.1) is 0 Å². The summed E-state index contributed by atoms with van der Waals surface area (Å²) in [4.78, 5) is 28.0. The number of carbonyl (C=O) groups excluding carboxylic acids is 1. The molecule has 0 saturated heterocycles. The van der Waals surface area contributed by atoms with Crippen molar-refractivity contribution in [3.63, 3.8) is 0 Å². The summed E-state index contributed by atoms with van der Waals surface area (Å²) in [5, 5.41) is 15.0. The molecule has 7 nitrogen and oxygen atoms in total. The Morgan fingerprint density at radius 2 is 1.74 bits per heavy atom. The Morgan fingerprint density at radius 3 is 2.39 bits per heavy atom. The molecule has 0 spiro atoms. The lowest BCUT2D eigenvalue weighted by atomic mass is 10.1. The summed E-state index contributed by atoms with van der Waals surface area (Å²) in [5.41, 5.74) is 8.00. The van der Waals surface area contributed by atoms with Crippen LogP contribution in [0, 0.1) is 24.0 Å². The highest BCUT2D eigenvalue weighted by Gasteiger charge is 2.17. The first-order valence-electron chi connectivity index (χ1n) is 12.5. The van der Waals surface area contributed by atoms with E-state index in [1.165, 1.54) is 17.7 Å². The SMILES string of the molecule is Cc1c(C)n(Cc2ccc(-c3ccccn3)cc2)c2ccc(C(=O)NC(C)c3ccc([N+](=O)[O-])cc3)cc12. The van der Waals surface area contributed by atoms with Gasteiger partial charge in [0.15, 0.2) is 0 Å². The Morgan fingerprint density at radius 1 is 1.00 bits per heavy atom. The van der Waals surface area contributed by atoms with Crippen LogP contribution in [0.25, 0.3) is 22.2 Å². The van der Waals surface area contributed by atoms with Crippen LogP contribution in [0.5, 0.6) is 0 Å². The zero-order valence-corrected chi connectivity index (χ0v) is 21.5. The van der Waals surface area contributed by atoms with Crippen molar-refractivity contribution in [1.29, 1.82) is 0 Å². The van der Waals surface area contributed by atoms with Crippen molar-refractivity contribution >= 4 is 22.5 Å². The van der Waals surface area contributed by atoms with Crippen molar-refractivity contribution in [3.8, 4) is 11.3 Å². The molecule has 190 valence electrons. The lowest BCUT2D eigenvalue weighted by Gasteiger charge is -2.14. The van der Waals surface area contributed by atoms with Crippen LogP contribution in [-0.4, -0.2) is 20.4 Å². The number of non-ortho nitro benzene ring substituents is 1. The highest BCUT2D eigenvalue weighted by Crippen LogP contribution is 2.28. The summed E-state index contributed by atoms with van der Waals surface area (Å²) < 4.78 is 2.28. The summed E-state index contributed by atoms with van der Waals surface area (Å²) in [7, 11) is 0. The van der Waals surface area contributed by atoms with Gasteiger partial charge in [0.2, 0.25) is 0 Å². The van der Waals surface area contributed by atoms with Crippen LogP contribution in [0.2, 0.25) is 0 Å². The number of fused-ring (bicyclic) bond motifs is 1. The van der Waals surface area contributed by atoms with Gasteiger partial charge in [0, 0.05) is 52.6 Å². The van der Waals surface area contributed by atoms with Gasteiger partial charge in [-0.25, -0.2) is 0 Å². The number of aromatic nitrogens is 2. The maximum atomic E-state index is 13.1. The van der Waals surface area contributed by atoms with E-state index in [9.17, 15) is 14.9 Å². The minimum absolute atomic E-state index is 0.0252. The summed E-state index contributed by atoms with van der Waals surface area (Å²) >= 11 is 0. The summed E-state index contributed by atoms with van der Waals surface area (Å²) in [6.45, 7) is 6.78. The topological polar surface area (TPSA) is 90.1 Å². The van der Waals surface area contributed by atoms with Gasteiger partial charge in [0.05, 0.1) is 16.7 Å². The fraction of sp³-hybridized carbons (Fsp3) is 0.161. The highest BCUT2D eigenvalue weighted by molar-refractivity contribution is 5.99. The molecule has 5 aromatic rings. The van der Waals surface area contributed by atoms with Gasteiger partial charge >= 0.3 is 0 Å². The molecule has 0 aliphatic rings. The maximum Gasteiger partial charge on any atom is 0.269 e. The number of benzene rings is 3. The van der Waals surface area contributed by atoms with Crippen LogP contribution in [-0.2, 0) is 6.54 Å². The molecule has 3 aromatic carbocycles. The van der Waals surface area contributed by atoms with Gasteiger partial charge in [-0.05, 0) is 67.8 Å². The Bertz CT molecular complexity index is 1620. The minimum Gasteiger partial charge on any atom is -0.346 e. The van der Waals surface area contributed by atoms with E-state index in [2.05, 4.69) is 53.0 Å². The minimum atomic E-state index is -0.435. The van der Waals surface area contributed by atoms with Crippen molar-refractivity contribution < 1.29 is 9.72 Å². The molecular weight excluding hydrogens is 476 g/mol. The number of aryl methyl sites for hydroxylation is 1. The van der Waals surface area contributed by atoms with Crippen LogP contribution < -0.4 is 5.32 Å². The number of carbonyl (C=O) groups is 1. The molecule has 0 fully saturated rings. The van der Waals surface area contributed by atoms with Crippen LogP contribution >= 0.6 is 0 Å². The van der Waals surface area contributed by atoms with Crippen LogP contribution in [0.3, 0.4) is 0 Å². The standard InChI is InChI=1S/C31H28N4O3/c1-20-22(3)34(19-23-7-9-25(10-8-23)29-6-4-5-17-32-29)30-16-13-26(18-28(20)30)31(36)33-21(2)24-11-14-27(15-12-24)35(37)38/h4-18,21H,19H2,1-3H3,(H,33,36). The summed E-state index contributed by atoms with van der Waals surface area (Å²) in [6.07, 6.45) is 1.80. The lowest BCUT2D eigenvalue weighted by molar-refractivity contribution is -0.384. The number of amides is 1. The fourth-order valence-corrected chi connectivity index (χ4v) is 4.74. The van der Waals surface area contributed by atoms with E-state index in [1.807, 2.05) is 43.3 Å². The molecule has 1 N–H and O–H groups in total. The molecule has 0 radical (unpaired) electrons. The van der Waals surface area contributed by atoms with E-state index in [0.717, 1.165) is 45.5 Å². The normalized spacial score (nSPS) is 11.9. The third-order valence-electron chi connectivity index (χ3n) is 7.11. The van der Waals surface area contributed by atoms with Crippen molar-refractivity contribution in [3.05, 3.63) is 129 Å². The lowest BCUT2D eigenvalue weighted by Crippen LogP contribution is -2.26. The third kappa shape index (κ3) is 4.91. The molecule has 0 saturated carbocycles. The monoisotopic (exact) mass is 504 g/mol. The second-order valence-electron chi connectivity index (χ2n) is 9.48. The molecule has 2 aromatic heterocycles. The number of nitro groups is 1. The first-order chi connectivity index (χ1) is 18.3. The number of hydrogen-bond donors (Lipinski definition) is 1. The second-order valence-corrected chi connectivity index (χ2v) is 9.48. The maximum absolute atomic E-state index is 13.1. The predicted molar refractivity (Wildman–Crippen MR) is 149 cm³/mol. The van der Waals surface area contributed by atoms with Gasteiger partial charge in [0.1, 0.15) is 0 Å². The Balaban J connectivity index is 1.35. The van der Waals surface area contributed by atoms with Crippen molar-refractivity contribution in [1.82, 2.24) is 14.9 Å². The number of nitrogens with one attached hydrogen (secondary N) is 1. The van der Waals surface area contributed by atoms with Crippen molar-refractivity contribution in [2.24, 2.45) is 0 Å². The van der Waals surface area contributed by atoms with Gasteiger partial charge in [-0.2, -0.15) is 0 Å².